The van der Waals surface area contributed by atoms with E-state index in [2.05, 4.69) is 65.7 Å². The van der Waals surface area contributed by atoms with Gasteiger partial charge in [-0.05, 0) is 45.1 Å². The van der Waals surface area contributed by atoms with Gasteiger partial charge in [-0.2, -0.15) is 0 Å². The number of rotatable bonds is 9. The van der Waals surface area contributed by atoms with Crippen LogP contribution in [-0.2, 0) is 17.8 Å². The topological polar surface area (TPSA) is 52.1 Å². The molecule has 0 atom stereocenters. The van der Waals surface area contributed by atoms with Crippen LogP contribution in [0, 0.1) is 0 Å². The molecule has 6 nitrogen and oxygen atoms in total. The van der Waals surface area contributed by atoms with Gasteiger partial charge in [0.05, 0.1) is 19.8 Å². The van der Waals surface area contributed by atoms with Gasteiger partial charge < -0.3 is 20.3 Å². The lowest BCUT2D eigenvalue weighted by molar-refractivity contribution is 0.0376. The highest BCUT2D eigenvalue weighted by molar-refractivity contribution is 14.0. The molecule has 0 aliphatic carbocycles. The Morgan fingerprint density at radius 2 is 1.93 bits per heavy atom. The van der Waals surface area contributed by atoms with Crippen molar-refractivity contribution >= 4 is 29.9 Å². The maximum Gasteiger partial charge on any atom is 0.191 e. The van der Waals surface area contributed by atoms with E-state index < -0.39 is 0 Å². The Bertz CT molecular complexity index is 547. The van der Waals surface area contributed by atoms with Gasteiger partial charge in [-0.3, -0.25) is 4.90 Å². The normalized spacial score (nSPS) is 15.5. The maximum atomic E-state index is 5.39. The number of nitrogens with one attached hydrogen (secondary N) is 2. The molecule has 0 radical (unpaired) electrons. The highest BCUT2D eigenvalue weighted by Crippen LogP contribution is 2.08. The number of guanidine groups is 1. The molecular weight excluding hydrogens is 453 g/mol. The summed E-state index contributed by atoms with van der Waals surface area (Å²) >= 11 is 0. The lowest BCUT2D eigenvalue weighted by Crippen LogP contribution is -2.40. The third-order valence-corrected chi connectivity index (χ3v) is 4.30. The number of benzene rings is 1. The van der Waals surface area contributed by atoms with Crippen molar-refractivity contribution in [3.8, 4) is 0 Å². The molecule has 0 aromatic heterocycles. The molecule has 7 heteroatoms. The molecule has 1 aliphatic rings. The van der Waals surface area contributed by atoms with Crippen LogP contribution < -0.4 is 10.6 Å². The van der Waals surface area contributed by atoms with Crippen LogP contribution in [0.2, 0.25) is 0 Å². The van der Waals surface area contributed by atoms with Gasteiger partial charge in [0.1, 0.15) is 0 Å². The number of halogens is 1. The molecule has 0 amide bonds. The fourth-order valence-electron chi connectivity index (χ4n) is 3.04. The Kier molecular flexibility index (Phi) is 12.6. The molecule has 1 aromatic rings. The van der Waals surface area contributed by atoms with Gasteiger partial charge in [-0.25, -0.2) is 4.99 Å². The second kappa shape index (κ2) is 14.1. The zero-order valence-electron chi connectivity index (χ0n) is 17.0. The van der Waals surface area contributed by atoms with Gasteiger partial charge in [-0.15, -0.1) is 24.0 Å². The third kappa shape index (κ3) is 10.3. The van der Waals surface area contributed by atoms with Crippen molar-refractivity contribution in [3.63, 3.8) is 0 Å². The molecule has 2 rings (SSSR count). The number of aliphatic imine (C=N–C) groups is 1. The molecule has 1 aliphatic heterocycles. The summed E-state index contributed by atoms with van der Waals surface area (Å²) in [5.74, 6) is 0.896. The summed E-state index contributed by atoms with van der Waals surface area (Å²) in [6, 6.07) is 8.67. The van der Waals surface area contributed by atoms with Gasteiger partial charge in [0, 0.05) is 32.7 Å². The molecular formula is C20H36IN5O. The van der Waals surface area contributed by atoms with Crippen molar-refractivity contribution in [1.82, 2.24) is 20.4 Å². The molecule has 154 valence electrons. The molecule has 1 aromatic carbocycles. The van der Waals surface area contributed by atoms with Crippen molar-refractivity contribution < 1.29 is 4.74 Å². The first-order valence-corrected chi connectivity index (χ1v) is 9.72. The Morgan fingerprint density at radius 3 is 2.63 bits per heavy atom. The fraction of sp³-hybridized carbons (Fsp3) is 0.650. The highest BCUT2D eigenvalue weighted by Gasteiger charge is 2.09. The molecule has 1 heterocycles. The lowest BCUT2D eigenvalue weighted by atomic mass is 10.1. The van der Waals surface area contributed by atoms with Crippen LogP contribution in [0.5, 0.6) is 0 Å². The van der Waals surface area contributed by atoms with Crippen molar-refractivity contribution in [3.05, 3.63) is 35.4 Å². The second-order valence-electron chi connectivity index (χ2n) is 6.99. The SMILES string of the molecule is CCNC(=NCc1cccc(CN(C)C)c1)NCCCN1CCOCC1.I. The van der Waals surface area contributed by atoms with Gasteiger partial charge in [-0.1, -0.05) is 24.3 Å². The second-order valence-corrected chi connectivity index (χ2v) is 6.99. The van der Waals surface area contributed by atoms with E-state index in [-0.39, 0.29) is 24.0 Å². The quantitative estimate of drug-likeness (QED) is 0.241. The minimum Gasteiger partial charge on any atom is -0.379 e. The molecule has 2 N–H and O–H groups in total. The molecule has 1 saturated heterocycles. The van der Waals surface area contributed by atoms with E-state index >= 15 is 0 Å². The van der Waals surface area contributed by atoms with Crippen LogP contribution in [0.4, 0.5) is 0 Å². The van der Waals surface area contributed by atoms with E-state index in [1.807, 2.05) is 0 Å². The van der Waals surface area contributed by atoms with Gasteiger partial charge in [0.25, 0.3) is 0 Å². The van der Waals surface area contributed by atoms with Crippen LogP contribution in [0.25, 0.3) is 0 Å². The van der Waals surface area contributed by atoms with E-state index in [1.54, 1.807) is 0 Å². The van der Waals surface area contributed by atoms with E-state index in [0.29, 0.717) is 6.54 Å². The molecule has 27 heavy (non-hydrogen) atoms. The van der Waals surface area contributed by atoms with Crippen molar-refractivity contribution in [2.24, 2.45) is 4.99 Å². The van der Waals surface area contributed by atoms with E-state index in [4.69, 9.17) is 9.73 Å². The van der Waals surface area contributed by atoms with Crippen LogP contribution in [-0.4, -0.2) is 75.8 Å². The summed E-state index contributed by atoms with van der Waals surface area (Å²) in [5.41, 5.74) is 2.57. The van der Waals surface area contributed by atoms with Gasteiger partial charge in [0.15, 0.2) is 5.96 Å². The van der Waals surface area contributed by atoms with Crippen molar-refractivity contribution in [1.29, 1.82) is 0 Å². The fourth-order valence-corrected chi connectivity index (χ4v) is 3.04. The molecule has 0 saturated carbocycles. The summed E-state index contributed by atoms with van der Waals surface area (Å²) in [6.07, 6.45) is 1.11. The number of ether oxygens (including phenoxy) is 1. The third-order valence-electron chi connectivity index (χ3n) is 4.30. The molecule has 1 fully saturated rings. The largest absolute Gasteiger partial charge is 0.379 e. The van der Waals surface area contributed by atoms with E-state index in [9.17, 15) is 0 Å². The number of morpholine rings is 1. The minimum atomic E-state index is 0. The van der Waals surface area contributed by atoms with Gasteiger partial charge in [0.2, 0.25) is 0 Å². The maximum absolute atomic E-state index is 5.39. The summed E-state index contributed by atoms with van der Waals surface area (Å²) in [6.45, 7) is 10.5. The minimum absolute atomic E-state index is 0. The Morgan fingerprint density at radius 1 is 1.19 bits per heavy atom. The standard InChI is InChI=1S/C20H35N5O.HI/c1-4-21-20(22-9-6-10-25-11-13-26-14-12-25)23-16-18-7-5-8-19(15-18)17-24(2)3;/h5,7-8,15H,4,6,9-14,16-17H2,1-3H3,(H2,21,22,23);1H. The average Bonchev–Trinajstić information content (AvgIpc) is 2.64. The summed E-state index contributed by atoms with van der Waals surface area (Å²) in [4.78, 5) is 9.38. The smallest absolute Gasteiger partial charge is 0.191 e. The van der Waals surface area contributed by atoms with Crippen molar-refractivity contribution in [2.45, 2.75) is 26.4 Å². The van der Waals surface area contributed by atoms with Crippen LogP contribution >= 0.6 is 24.0 Å². The van der Waals surface area contributed by atoms with E-state index in [0.717, 1.165) is 64.9 Å². The zero-order chi connectivity index (χ0) is 18.6. The van der Waals surface area contributed by atoms with Crippen LogP contribution in [0.15, 0.2) is 29.3 Å². The predicted octanol–water partition coefficient (Wildman–Crippen LogP) is 2.14. The summed E-state index contributed by atoms with van der Waals surface area (Å²) < 4.78 is 5.39. The molecule has 0 spiro atoms. The van der Waals surface area contributed by atoms with Gasteiger partial charge >= 0.3 is 0 Å². The Labute approximate surface area is 181 Å². The van der Waals surface area contributed by atoms with E-state index in [1.165, 1.54) is 11.1 Å². The monoisotopic (exact) mass is 489 g/mol. The zero-order valence-corrected chi connectivity index (χ0v) is 19.4. The van der Waals surface area contributed by atoms with Crippen LogP contribution in [0.1, 0.15) is 24.5 Å². The summed E-state index contributed by atoms with van der Waals surface area (Å²) in [7, 11) is 4.18. The number of hydrogen-bond donors (Lipinski definition) is 2. The number of nitrogens with zero attached hydrogens (tertiary/aromatic N) is 3. The first-order chi connectivity index (χ1) is 12.7. The Balaban J connectivity index is 0.00000364. The predicted molar refractivity (Wildman–Crippen MR) is 124 cm³/mol. The lowest BCUT2D eigenvalue weighted by Gasteiger charge is -2.26. The van der Waals surface area contributed by atoms with Crippen LogP contribution in [0.3, 0.4) is 0 Å². The molecule has 0 bridgehead atoms. The Hall–Kier alpha value is -0.900. The summed E-state index contributed by atoms with van der Waals surface area (Å²) in [5, 5.41) is 6.79. The van der Waals surface area contributed by atoms with Crippen molar-refractivity contribution in [2.75, 3.05) is 60.0 Å². The number of hydrogen-bond acceptors (Lipinski definition) is 4. The first-order valence-electron chi connectivity index (χ1n) is 9.72. The first kappa shape index (κ1) is 24.1. The molecule has 0 unspecified atom stereocenters. The highest BCUT2D eigenvalue weighted by atomic mass is 127. The average molecular weight is 489 g/mol.